The maximum absolute atomic E-state index is 10.2. The number of carbonyl (C=O) groups is 1. The van der Waals surface area contributed by atoms with E-state index in [1.807, 2.05) is 26.7 Å². The molecule has 1 amide bonds. The summed E-state index contributed by atoms with van der Waals surface area (Å²) in [6, 6.07) is 0. The van der Waals surface area contributed by atoms with Crippen LogP contribution in [0, 0.1) is 12.3 Å². The first-order valence-corrected chi connectivity index (χ1v) is 3.55. The van der Waals surface area contributed by atoms with Gasteiger partial charge >= 0.3 is 0 Å². The zero-order valence-corrected chi connectivity index (χ0v) is 6.90. The molecule has 2 nitrogen and oxygen atoms in total. The average Bonchev–Trinajstić information content (AvgIpc) is 2.04. The van der Waals surface area contributed by atoms with Crippen LogP contribution in [-0.2, 0) is 4.79 Å². The Hall–Kier alpha value is -0.970. The highest BCUT2D eigenvalue weighted by Crippen LogP contribution is 1.67. The van der Waals surface area contributed by atoms with Gasteiger partial charge in [-0.2, -0.15) is 0 Å². The molecule has 0 aromatic carbocycles. The van der Waals surface area contributed by atoms with Gasteiger partial charge in [-0.05, 0) is 12.3 Å². The molecule has 0 atom stereocenters. The number of rotatable bonds is 2. The fourth-order valence-corrected chi connectivity index (χ4v) is 0.290. The molecule has 0 aromatic heterocycles. The van der Waals surface area contributed by atoms with Gasteiger partial charge in [0.25, 0.3) is 5.91 Å². The molecule has 0 aliphatic carbocycles. The summed E-state index contributed by atoms with van der Waals surface area (Å²) < 4.78 is 0. The predicted octanol–water partition coefficient (Wildman–Crippen LogP) is 1.17. The Bertz CT molecular complexity index is 113. The molecule has 1 N–H and O–H groups in total. The predicted molar refractivity (Wildman–Crippen MR) is 43.5 cm³/mol. The van der Waals surface area contributed by atoms with Gasteiger partial charge in [-0.25, -0.2) is 0 Å². The van der Waals surface area contributed by atoms with Gasteiger partial charge < -0.3 is 5.32 Å². The Morgan fingerprint density at radius 2 is 2.10 bits per heavy atom. The number of hydrogen-bond acceptors (Lipinski definition) is 1. The molecule has 0 aliphatic heterocycles. The first-order valence-electron chi connectivity index (χ1n) is 3.55. The van der Waals surface area contributed by atoms with Crippen molar-refractivity contribution in [2.75, 3.05) is 6.54 Å². The number of terminal acetylenes is 1. The Kier molecular flexibility index (Phi) is 12.9. The average molecular weight is 141 g/mol. The fraction of sp³-hybridized carbons (Fsp3) is 0.625. The molecule has 0 radical (unpaired) electrons. The van der Waals surface area contributed by atoms with Crippen LogP contribution in [0.25, 0.3) is 0 Å². The van der Waals surface area contributed by atoms with Gasteiger partial charge in [0.1, 0.15) is 0 Å². The van der Waals surface area contributed by atoms with E-state index < -0.39 is 0 Å². The van der Waals surface area contributed by atoms with Crippen LogP contribution in [0.2, 0.25) is 0 Å². The third-order valence-electron chi connectivity index (χ3n) is 0.667. The lowest BCUT2D eigenvalue weighted by atomic mass is 10.5. The van der Waals surface area contributed by atoms with Crippen molar-refractivity contribution in [3.63, 3.8) is 0 Å². The minimum Gasteiger partial charge on any atom is -0.345 e. The van der Waals surface area contributed by atoms with Gasteiger partial charge in [0.2, 0.25) is 0 Å². The Morgan fingerprint density at radius 1 is 1.60 bits per heavy atom. The van der Waals surface area contributed by atoms with Crippen LogP contribution in [0.4, 0.5) is 0 Å². The first-order chi connectivity index (χ1) is 4.81. The number of hydrogen-bond donors (Lipinski definition) is 1. The summed E-state index contributed by atoms with van der Waals surface area (Å²) in [6.45, 7) is 6.64. The van der Waals surface area contributed by atoms with Crippen LogP contribution in [0.3, 0.4) is 0 Å². The van der Waals surface area contributed by atoms with Crippen molar-refractivity contribution >= 4 is 5.91 Å². The van der Waals surface area contributed by atoms with Crippen LogP contribution in [0.5, 0.6) is 0 Å². The highest BCUT2D eigenvalue weighted by atomic mass is 16.1. The standard InChI is InChI=1S/C6H9NO.C2H6/c1-3-5-7-6(8)4-2;1-2/h2H,3,5H2,1H3,(H,7,8);1-2H3. The van der Waals surface area contributed by atoms with Crippen molar-refractivity contribution in [2.45, 2.75) is 27.2 Å². The molecule has 0 bridgehead atoms. The van der Waals surface area contributed by atoms with Gasteiger partial charge in [0.05, 0.1) is 0 Å². The van der Waals surface area contributed by atoms with Crippen LogP contribution < -0.4 is 5.32 Å². The third kappa shape index (κ3) is 10.1. The largest absolute Gasteiger partial charge is 0.345 e. The Labute approximate surface area is 63.0 Å². The zero-order chi connectivity index (χ0) is 8.41. The van der Waals surface area contributed by atoms with E-state index in [0.29, 0.717) is 6.54 Å². The molecule has 0 fully saturated rings. The van der Waals surface area contributed by atoms with Crippen molar-refractivity contribution in [2.24, 2.45) is 0 Å². The van der Waals surface area contributed by atoms with Crippen molar-refractivity contribution in [3.05, 3.63) is 0 Å². The molecule has 58 valence electrons. The quantitative estimate of drug-likeness (QED) is 0.575. The van der Waals surface area contributed by atoms with Crippen molar-refractivity contribution in [3.8, 4) is 12.3 Å². The van der Waals surface area contributed by atoms with Gasteiger partial charge in [0.15, 0.2) is 0 Å². The summed E-state index contributed by atoms with van der Waals surface area (Å²) in [5.41, 5.74) is 0. The van der Waals surface area contributed by atoms with E-state index in [4.69, 9.17) is 6.42 Å². The lowest BCUT2D eigenvalue weighted by molar-refractivity contribution is -0.115. The lowest BCUT2D eigenvalue weighted by Crippen LogP contribution is -2.21. The van der Waals surface area contributed by atoms with E-state index in [1.54, 1.807) is 0 Å². The fourth-order valence-electron chi connectivity index (χ4n) is 0.290. The molecule has 0 saturated heterocycles. The second-order valence-electron chi connectivity index (χ2n) is 1.40. The Balaban J connectivity index is 0. The molecule has 0 heterocycles. The molecule has 0 spiro atoms. The Morgan fingerprint density at radius 3 is 2.40 bits per heavy atom. The van der Waals surface area contributed by atoms with Gasteiger partial charge in [0, 0.05) is 6.54 Å². The summed E-state index contributed by atoms with van der Waals surface area (Å²) in [5, 5.41) is 2.51. The summed E-state index contributed by atoms with van der Waals surface area (Å²) in [4.78, 5) is 10.2. The minimum absolute atomic E-state index is 0.327. The summed E-state index contributed by atoms with van der Waals surface area (Å²) in [6.07, 6.45) is 5.67. The lowest BCUT2D eigenvalue weighted by Gasteiger charge is -1.92. The van der Waals surface area contributed by atoms with Gasteiger partial charge in [-0.3, -0.25) is 4.79 Å². The molecule has 0 aliphatic rings. The van der Waals surface area contributed by atoms with E-state index in [1.165, 1.54) is 0 Å². The second-order valence-corrected chi connectivity index (χ2v) is 1.40. The van der Waals surface area contributed by atoms with Crippen LogP contribution >= 0.6 is 0 Å². The molecule has 10 heavy (non-hydrogen) atoms. The summed E-state index contributed by atoms with van der Waals surface area (Å²) in [5.74, 6) is 1.62. The highest BCUT2D eigenvalue weighted by molar-refractivity contribution is 5.92. The van der Waals surface area contributed by atoms with E-state index >= 15 is 0 Å². The zero-order valence-electron chi connectivity index (χ0n) is 6.90. The summed E-state index contributed by atoms with van der Waals surface area (Å²) in [7, 11) is 0. The molecule has 0 saturated carbocycles. The molecule has 0 unspecified atom stereocenters. The molecule has 0 aromatic rings. The second kappa shape index (κ2) is 10.9. The van der Waals surface area contributed by atoms with Crippen LogP contribution in [0.1, 0.15) is 27.2 Å². The number of amides is 1. The van der Waals surface area contributed by atoms with Crippen molar-refractivity contribution in [1.82, 2.24) is 5.32 Å². The van der Waals surface area contributed by atoms with E-state index in [-0.39, 0.29) is 5.91 Å². The minimum atomic E-state index is -0.327. The maximum atomic E-state index is 10.2. The summed E-state index contributed by atoms with van der Waals surface area (Å²) >= 11 is 0. The maximum Gasteiger partial charge on any atom is 0.295 e. The normalized spacial score (nSPS) is 6.60. The van der Waals surface area contributed by atoms with E-state index in [0.717, 1.165) is 6.42 Å². The molecule has 2 heteroatoms. The SMILES string of the molecule is C#CC(=O)NCCC.CC. The van der Waals surface area contributed by atoms with Crippen molar-refractivity contribution in [1.29, 1.82) is 0 Å². The smallest absolute Gasteiger partial charge is 0.295 e. The van der Waals surface area contributed by atoms with E-state index in [2.05, 4.69) is 5.32 Å². The number of carbonyl (C=O) groups excluding carboxylic acids is 1. The van der Waals surface area contributed by atoms with E-state index in [9.17, 15) is 4.79 Å². The first kappa shape index (κ1) is 11.8. The molecular weight excluding hydrogens is 126 g/mol. The van der Waals surface area contributed by atoms with Crippen LogP contribution in [-0.4, -0.2) is 12.5 Å². The van der Waals surface area contributed by atoms with Crippen LogP contribution in [0.15, 0.2) is 0 Å². The third-order valence-corrected chi connectivity index (χ3v) is 0.667. The molecular formula is C8H15NO. The highest BCUT2D eigenvalue weighted by Gasteiger charge is 1.87. The monoisotopic (exact) mass is 141 g/mol. The van der Waals surface area contributed by atoms with Gasteiger partial charge in [-0.15, -0.1) is 6.42 Å². The van der Waals surface area contributed by atoms with Crippen molar-refractivity contribution < 1.29 is 4.79 Å². The topological polar surface area (TPSA) is 29.1 Å². The van der Waals surface area contributed by atoms with Gasteiger partial charge in [-0.1, -0.05) is 20.8 Å². The number of nitrogens with one attached hydrogen (secondary N) is 1. The molecule has 0 rings (SSSR count).